The third-order valence-corrected chi connectivity index (χ3v) is 4.08. The molecule has 106 valence electrons. The van der Waals surface area contributed by atoms with Crippen LogP contribution in [0.5, 0.6) is 0 Å². The topological polar surface area (TPSA) is 63.2 Å². The smallest absolute Gasteiger partial charge is 0.221 e. The Morgan fingerprint density at radius 3 is 3.26 bits per heavy atom. The molecule has 1 aliphatic heterocycles. The first kappa shape index (κ1) is 14.4. The molecule has 5 nitrogen and oxygen atoms in total. The maximum Gasteiger partial charge on any atom is 0.221 e. The largest absolute Gasteiger partial charge is 0.378 e. The Morgan fingerprint density at radius 2 is 2.58 bits per heavy atom. The molecule has 2 heterocycles. The van der Waals surface area contributed by atoms with E-state index < -0.39 is 0 Å². The number of hydrogen-bond acceptors (Lipinski definition) is 5. The Morgan fingerprint density at radius 1 is 1.68 bits per heavy atom. The molecule has 1 aromatic heterocycles. The van der Waals surface area contributed by atoms with E-state index in [0.29, 0.717) is 19.6 Å². The lowest BCUT2D eigenvalue weighted by Gasteiger charge is -2.23. The summed E-state index contributed by atoms with van der Waals surface area (Å²) in [5.74, 6) is 0.0777. The number of thiazole rings is 1. The Balaban J connectivity index is 1.63. The van der Waals surface area contributed by atoms with Crippen molar-refractivity contribution in [3.63, 3.8) is 0 Å². The van der Waals surface area contributed by atoms with Crippen LogP contribution in [-0.4, -0.2) is 43.2 Å². The number of carbonyl (C=O) groups is 1. The molecule has 2 rings (SSSR count). The molecule has 6 heteroatoms. The van der Waals surface area contributed by atoms with Gasteiger partial charge in [-0.25, -0.2) is 4.98 Å². The van der Waals surface area contributed by atoms with Gasteiger partial charge < -0.3 is 15.4 Å². The van der Waals surface area contributed by atoms with Crippen LogP contribution in [0.3, 0.4) is 0 Å². The van der Waals surface area contributed by atoms with Gasteiger partial charge in [0.2, 0.25) is 5.91 Å². The molecule has 19 heavy (non-hydrogen) atoms. The van der Waals surface area contributed by atoms with E-state index in [2.05, 4.69) is 27.9 Å². The minimum Gasteiger partial charge on any atom is -0.378 e. The highest BCUT2D eigenvalue weighted by Crippen LogP contribution is 2.10. The van der Waals surface area contributed by atoms with Gasteiger partial charge in [-0.05, 0) is 6.42 Å². The summed E-state index contributed by atoms with van der Waals surface area (Å²) in [7, 11) is 0. The summed E-state index contributed by atoms with van der Waals surface area (Å²) in [6.07, 6.45) is 2.26. The number of aromatic nitrogens is 1. The zero-order valence-electron chi connectivity index (χ0n) is 11.3. The second kappa shape index (κ2) is 7.57. The van der Waals surface area contributed by atoms with Crippen LogP contribution in [0.4, 0.5) is 0 Å². The summed E-state index contributed by atoms with van der Waals surface area (Å²) >= 11 is 1.69. The number of aryl methyl sites for hydroxylation is 1. The molecule has 1 saturated heterocycles. The Labute approximate surface area is 117 Å². The van der Waals surface area contributed by atoms with Gasteiger partial charge in [0.05, 0.1) is 23.9 Å². The van der Waals surface area contributed by atoms with Crippen LogP contribution in [0.1, 0.15) is 24.0 Å². The van der Waals surface area contributed by atoms with Gasteiger partial charge in [0, 0.05) is 37.4 Å². The van der Waals surface area contributed by atoms with Crippen LogP contribution in [0.25, 0.3) is 0 Å². The molecule has 0 spiro atoms. The first-order valence-corrected chi connectivity index (χ1v) is 7.67. The van der Waals surface area contributed by atoms with Gasteiger partial charge in [-0.1, -0.05) is 6.92 Å². The summed E-state index contributed by atoms with van der Waals surface area (Å²) < 4.78 is 5.32. The lowest BCUT2D eigenvalue weighted by molar-refractivity contribution is -0.122. The third-order valence-electron chi connectivity index (χ3n) is 3.04. The van der Waals surface area contributed by atoms with Crippen molar-refractivity contribution in [2.45, 2.75) is 32.2 Å². The number of nitrogens with zero attached hydrogens (tertiary/aromatic N) is 1. The van der Waals surface area contributed by atoms with Crippen LogP contribution >= 0.6 is 11.3 Å². The summed E-state index contributed by atoms with van der Waals surface area (Å²) in [6, 6.07) is 0.153. The van der Waals surface area contributed by atoms with Gasteiger partial charge in [-0.3, -0.25) is 4.79 Å². The maximum absolute atomic E-state index is 11.7. The van der Waals surface area contributed by atoms with E-state index in [1.807, 2.05) is 0 Å². The standard InChI is InChI=1S/C13H21N3O2S/c1-2-13-16-10(9-19-13)3-4-15-12(17)7-11-8-18-6-5-14-11/h9,11,14H,2-8H2,1H3,(H,15,17). The van der Waals surface area contributed by atoms with Gasteiger partial charge in [0.1, 0.15) is 0 Å². The number of ether oxygens (including phenoxy) is 1. The summed E-state index contributed by atoms with van der Waals surface area (Å²) in [6.45, 7) is 4.95. The molecule has 0 aliphatic carbocycles. The Bertz CT molecular complexity index is 402. The van der Waals surface area contributed by atoms with Gasteiger partial charge in [0.25, 0.3) is 0 Å². The van der Waals surface area contributed by atoms with E-state index in [1.54, 1.807) is 11.3 Å². The van der Waals surface area contributed by atoms with Crippen molar-refractivity contribution in [1.29, 1.82) is 0 Å². The van der Waals surface area contributed by atoms with E-state index in [1.165, 1.54) is 0 Å². The normalized spacial score (nSPS) is 19.3. The van der Waals surface area contributed by atoms with Crippen molar-refractivity contribution in [3.8, 4) is 0 Å². The summed E-state index contributed by atoms with van der Waals surface area (Å²) in [5.41, 5.74) is 1.07. The number of carbonyl (C=O) groups excluding carboxylic acids is 1. The average molecular weight is 283 g/mol. The minimum atomic E-state index is 0.0777. The van der Waals surface area contributed by atoms with E-state index in [0.717, 1.165) is 36.7 Å². The van der Waals surface area contributed by atoms with E-state index in [-0.39, 0.29) is 11.9 Å². The fourth-order valence-corrected chi connectivity index (χ4v) is 2.78. The quantitative estimate of drug-likeness (QED) is 0.808. The van der Waals surface area contributed by atoms with Gasteiger partial charge in [-0.2, -0.15) is 0 Å². The minimum absolute atomic E-state index is 0.0777. The number of hydrogen-bond donors (Lipinski definition) is 2. The molecule has 1 atom stereocenters. The monoisotopic (exact) mass is 283 g/mol. The average Bonchev–Trinajstić information content (AvgIpc) is 2.88. The van der Waals surface area contributed by atoms with Crippen molar-refractivity contribution >= 4 is 17.2 Å². The lowest BCUT2D eigenvalue weighted by Crippen LogP contribution is -2.44. The van der Waals surface area contributed by atoms with Crippen molar-refractivity contribution < 1.29 is 9.53 Å². The molecule has 0 aromatic carbocycles. The SMILES string of the molecule is CCc1nc(CCNC(=O)CC2COCCN2)cs1. The second-order valence-electron chi connectivity index (χ2n) is 4.62. The number of rotatable bonds is 6. The zero-order valence-corrected chi connectivity index (χ0v) is 12.1. The highest BCUT2D eigenvalue weighted by atomic mass is 32.1. The van der Waals surface area contributed by atoms with Crippen LogP contribution in [0.15, 0.2) is 5.38 Å². The predicted octanol–water partition coefficient (Wildman–Crippen LogP) is 0.743. The van der Waals surface area contributed by atoms with Gasteiger partial charge in [0.15, 0.2) is 0 Å². The summed E-state index contributed by atoms with van der Waals surface area (Å²) in [4.78, 5) is 16.2. The van der Waals surface area contributed by atoms with Crippen LogP contribution in [-0.2, 0) is 22.4 Å². The van der Waals surface area contributed by atoms with Crippen LogP contribution < -0.4 is 10.6 Å². The molecule has 1 aromatic rings. The van der Waals surface area contributed by atoms with E-state index in [9.17, 15) is 4.79 Å². The fourth-order valence-electron chi connectivity index (χ4n) is 2.00. The molecular formula is C13H21N3O2S. The highest BCUT2D eigenvalue weighted by Gasteiger charge is 2.16. The maximum atomic E-state index is 11.7. The molecular weight excluding hydrogens is 262 g/mol. The predicted molar refractivity (Wildman–Crippen MR) is 75.4 cm³/mol. The molecule has 1 fully saturated rings. The number of amides is 1. The van der Waals surface area contributed by atoms with Crippen molar-refractivity contribution in [3.05, 3.63) is 16.1 Å². The van der Waals surface area contributed by atoms with E-state index in [4.69, 9.17) is 4.74 Å². The van der Waals surface area contributed by atoms with Crippen LogP contribution in [0, 0.1) is 0 Å². The zero-order chi connectivity index (χ0) is 13.5. The van der Waals surface area contributed by atoms with Gasteiger partial charge >= 0.3 is 0 Å². The number of morpholine rings is 1. The molecule has 1 unspecified atom stereocenters. The third kappa shape index (κ3) is 4.89. The Kier molecular flexibility index (Phi) is 5.75. The van der Waals surface area contributed by atoms with Crippen molar-refractivity contribution in [2.75, 3.05) is 26.3 Å². The molecule has 1 aliphatic rings. The van der Waals surface area contributed by atoms with E-state index >= 15 is 0 Å². The number of nitrogens with one attached hydrogen (secondary N) is 2. The molecule has 0 radical (unpaired) electrons. The Hall–Kier alpha value is -0.980. The van der Waals surface area contributed by atoms with Crippen molar-refractivity contribution in [2.24, 2.45) is 0 Å². The van der Waals surface area contributed by atoms with Gasteiger partial charge in [-0.15, -0.1) is 11.3 Å². The highest BCUT2D eigenvalue weighted by molar-refractivity contribution is 7.09. The first-order chi connectivity index (χ1) is 9.28. The molecule has 0 bridgehead atoms. The first-order valence-electron chi connectivity index (χ1n) is 6.79. The second-order valence-corrected chi connectivity index (χ2v) is 5.56. The molecule has 0 saturated carbocycles. The van der Waals surface area contributed by atoms with Crippen LogP contribution in [0.2, 0.25) is 0 Å². The fraction of sp³-hybridized carbons (Fsp3) is 0.692. The lowest BCUT2D eigenvalue weighted by atomic mass is 10.2. The molecule has 1 amide bonds. The molecule has 2 N–H and O–H groups in total. The van der Waals surface area contributed by atoms with Crippen molar-refractivity contribution in [1.82, 2.24) is 15.6 Å². The summed E-state index contributed by atoms with van der Waals surface area (Å²) in [5, 5.41) is 9.44.